The second-order valence-electron chi connectivity index (χ2n) is 8.57. The van der Waals surface area contributed by atoms with Gasteiger partial charge in [-0.1, -0.05) is 61.0 Å². The molecule has 1 aliphatic heterocycles. The number of carbonyl (C=O) groups excluding carboxylic acids is 1. The van der Waals surface area contributed by atoms with Crippen LogP contribution in [0, 0.1) is 6.92 Å². The van der Waals surface area contributed by atoms with Crippen molar-refractivity contribution < 1.29 is 4.79 Å². The molecule has 4 heteroatoms. The van der Waals surface area contributed by atoms with Gasteiger partial charge in [-0.15, -0.1) is 0 Å². The maximum absolute atomic E-state index is 13.3. The summed E-state index contributed by atoms with van der Waals surface area (Å²) in [7, 11) is 0. The van der Waals surface area contributed by atoms with Gasteiger partial charge in [0.1, 0.15) is 5.69 Å². The average molecular weight is 374 g/mol. The lowest BCUT2D eigenvalue weighted by atomic mass is 9.93. The molecule has 0 bridgehead atoms. The van der Waals surface area contributed by atoms with Crippen molar-refractivity contribution in [1.29, 1.82) is 0 Å². The zero-order valence-corrected chi connectivity index (χ0v) is 17.2. The van der Waals surface area contributed by atoms with Gasteiger partial charge in [0.15, 0.2) is 0 Å². The Kier molecular flexibility index (Phi) is 4.37. The van der Waals surface area contributed by atoms with Gasteiger partial charge in [-0.3, -0.25) is 9.89 Å². The summed E-state index contributed by atoms with van der Waals surface area (Å²) in [6.07, 6.45) is 0.998. The molecule has 0 saturated carbocycles. The molecule has 1 aromatic heterocycles. The first-order chi connectivity index (χ1) is 13.3. The number of benzene rings is 2. The minimum Gasteiger partial charge on any atom is -0.321 e. The number of amides is 1. The molecule has 0 fully saturated rings. The van der Waals surface area contributed by atoms with Crippen LogP contribution in [0.25, 0.3) is 11.3 Å². The Hall–Kier alpha value is -2.88. The van der Waals surface area contributed by atoms with Gasteiger partial charge in [-0.25, -0.2) is 0 Å². The van der Waals surface area contributed by atoms with E-state index in [0.717, 1.165) is 28.8 Å². The molecule has 2 heterocycles. The third-order valence-electron chi connectivity index (χ3n) is 5.52. The highest BCUT2D eigenvalue weighted by Crippen LogP contribution is 2.45. The van der Waals surface area contributed by atoms with Gasteiger partial charge in [0.25, 0.3) is 5.91 Å². The van der Waals surface area contributed by atoms with Crippen LogP contribution < -0.4 is 0 Å². The topological polar surface area (TPSA) is 49.0 Å². The zero-order valence-electron chi connectivity index (χ0n) is 17.2. The smallest absolute Gasteiger partial charge is 0.273 e. The van der Waals surface area contributed by atoms with Crippen LogP contribution in [0.3, 0.4) is 0 Å². The lowest BCUT2D eigenvalue weighted by molar-refractivity contribution is 0.0546. The monoisotopic (exact) mass is 373 g/mol. The molecule has 28 heavy (non-hydrogen) atoms. The zero-order chi connectivity index (χ0) is 20.1. The molecular weight excluding hydrogens is 346 g/mol. The molecule has 1 aliphatic rings. The summed E-state index contributed by atoms with van der Waals surface area (Å²) in [6.45, 7) is 10.5. The van der Waals surface area contributed by atoms with Gasteiger partial charge in [0.2, 0.25) is 0 Å². The summed E-state index contributed by atoms with van der Waals surface area (Å²) < 4.78 is 0. The van der Waals surface area contributed by atoms with Crippen LogP contribution in [0.4, 0.5) is 0 Å². The Bertz CT molecular complexity index is 1010. The molecule has 4 nitrogen and oxygen atoms in total. The first kappa shape index (κ1) is 18.5. The minimum atomic E-state index is -0.310. The maximum atomic E-state index is 13.3. The molecule has 4 rings (SSSR count). The number of aromatic nitrogens is 2. The number of carbonyl (C=O) groups is 1. The Morgan fingerprint density at radius 3 is 2.25 bits per heavy atom. The number of nitrogens with one attached hydrogen (secondary N) is 1. The molecule has 1 amide bonds. The van der Waals surface area contributed by atoms with Crippen LogP contribution in [-0.2, 0) is 6.42 Å². The molecule has 1 N–H and O–H groups in total. The number of rotatable bonds is 3. The molecule has 2 aromatic carbocycles. The van der Waals surface area contributed by atoms with Crippen LogP contribution in [0.1, 0.15) is 66.5 Å². The van der Waals surface area contributed by atoms with E-state index in [1.54, 1.807) is 0 Å². The highest BCUT2D eigenvalue weighted by atomic mass is 16.2. The van der Waals surface area contributed by atoms with Gasteiger partial charge in [0.05, 0.1) is 11.7 Å². The quantitative estimate of drug-likeness (QED) is 0.678. The summed E-state index contributed by atoms with van der Waals surface area (Å²) in [5.74, 6) is 0.0120. The Balaban J connectivity index is 1.90. The highest BCUT2D eigenvalue weighted by Gasteiger charge is 2.46. The van der Waals surface area contributed by atoms with E-state index in [-0.39, 0.29) is 17.5 Å². The second-order valence-corrected chi connectivity index (χ2v) is 8.57. The summed E-state index contributed by atoms with van der Waals surface area (Å²) in [5, 5.41) is 7.57. The number of hydrogen-bond acceptors (Lipinski definition) is 2. The fourth-order valence-corrected chi connectivity index (χ4v) is 4.02. The van der Waals surface area contributed by atoms with E-state index in [9.17, 15) is 4.79 Å². The van der Waals surface area contributed by atoms with E-state index in [1.165, 1.54) is 11.1 Å². The van der Waals surface area contributed by atoms with Crippen molar-refractivity contribution in [3.63, 3.8) is 0 Å². The third kappa shape index (κ3) is 2.93. The van der Waals surface area contributed by atoms with Crippen molar-refractivity contribution in [3.05, 3.63) is 76.5 Å². The van der Waals surface area contributed by atoms with Gasteiger partial charge in [-0.2, -0.15) is 5.10 Å². The molecule has 1 unspecified atom stereocenters. The van der Waals surface area contributed by atoms with Gasteiger partial charge in [0, 0.05) is 16.7 Å². The fraction of sp³-hybridized carbons (Fsp3) is 0.333. The summed E-state index contributed by atoms with van der Waals surface area (Å²) >= 11 is 0. The molecule has 1 atom stereocenters. The van der Waals surface area contributed by atoms with Crippen molar-refractivity contribution in [2.45, 2.75) is 52.6 Å². The highest BCUT2D eigenvalue weighted by molar-refractivity contribution is 6.00. The maximum Gasteiger partial charge on any atom is 0.273 e. The average Bonchev–Trinajstić information content (AvgIpc) is 3.21. The van der Waals surface area contributed by atoms with E-state index in [4.69, 9.17) is 0 Å². The Labute approximate surface area is 166 Å². The molecule has 0 saturated heterocycles. The summed E-state index contributed by atoms with van der Waals surface area (Å²) in [4.78, 5) is 15.3. The summed E-state index contributed by atoms with van der Waals surface area (Å²) in [5.41, 5.74) is 6.78. The number of nitrogens with zero attached hydrogens (tertiary/aromatic N) is 2. The van der Waals surface area contributed by atoms with Gasteiger partial charge >= 0.3 is 0 Å². The first-order valence-electron chi connectivity index (χ1n) is 9.89. The lowest BCUT2D eigenvalue weighted by Crippen LogP contribution is -2.44. The van der Waals surface area contributed by atoms with Crippen LogP contribution in [0.2, 0.25) is 0 Å². The van der Waals surface area contributed by atoms with Crippen LogP contribution in [-0.4, -0.2) is 26.5 Å². The van der Waals surface area contributed by atoms with Crippen molar-refractivity contribution >= 4 is 5.91 Å². The largest absolute Gasteiger partial charge is 0.321 e. The number of H-pyrrole nitrogens is 1. The number of aryl methyl sites for hydroxylation is 2. The normalized spacial score (nSPS) is 16.5. The van der Waals surface area contributed by atoms with Crippen LogP contribution >= 0.6 is 0 Å². The van der Waals surface area contributed by atoms with E-state index in [0.29, 0.717) is 5.69 Å². The summed E-state index contributed by atoms with van der Waals surface area (Å²) in [6, 6.07) is 16.8. The standard InChI is InChI=1S/C24H27N3O/c1-6-16-9-13-18(14-10-16)22-19-20(17-11-7-15(2)8-12-17)25-26-21(19)23(28)27(22)24(3,4)5/h7-14,22H,6H2,1-5H3,(H,25,26). The molecule has 144 valence electrons. The third-order valence-corrected chi connectivity index (χ3v) is 5.52. The fourth-order valence-electron chi connectivity index (χ4n) is 4.02. The Morgan fingerprint density at radius 2 is 1.68 bits per heavy atom. The van der Waals surface area contributed by atoms with Crippen molar-refractivity contribution in [3.8, 4) is 11.3 Å². The Morgan fingerprint density at radius 1 is 1.04 bits per heavy atom. The minimum absolute atomic E-state index is 0.0120. The van der Waals surface area contributed by atoms with Crippen LogP contribution in [0.5, 0.6) is 0 Å². The SMILES string of the molecule is CCc1ccc(C2c3c(-c4ccc(C)cc4)n[nH]c3C(=O)N2C(C)(C)C)cc1. The van der Waals surface area contributed by atoms with Crippen molar-refractivity contribution in [2.24, 2.45) is 0 Å². The predicted molar refractivity (Wildman–Crippen MR) is 112 cm³/mol. The predicted octanol–water partition coefficient (Wildman–Crippen LogP) is 5.29. The number of aromatic amines is 1. The van der Waals surface area contributed by atoms with Crippen molar-refractivity contribution in [1.82, 2.24) is 15.1 Å². The van der Waals surface area contributed by atoms with E-state index < -0.39 is 0 Å². The number of hydrogen-bond donors (Lipinski definition) is 1. The van der Waals surface area contributed by atoms with E-state index in [2.05, 4.69) is 93.3 Å². The van der Waals surface area contributed by atoms with Crippen molar-refractivity contribution in [2.75, 3.05) is 0 Å². The second kappa shape index (κ2) is 6.62. The molecule has 0 radical (unpaired) electrons. The molecule has 3 aromatic rings. The van der Waals surface area contributed by atoms with E-state index in [1.807, 2.05) is 4.90 Å². The van der Waals surface area contributed by atoms with Gasteiger partial charge < -0.3 is 4.90 Å². The lowest BCUT2D eigenvalue weighted by Gasteiger charge is -2.37. The molecule has 0 aliphatic carbocycles. The molecular formula is C24H27N3O. The van der Waals surface area contributed by atoms with Crippen LogP contribution in [0.15, 0.2) is 48.5 Å². The number of fused-ring (bicyclic) bond motifs is 1. The first-order valence-corrected chi connectivity index (χ1v) is 9.89. The van der Waals surface area contributed by atoms with E-state index >= 15 is 0 Å². The van der Waals surface area contributed by atoms with Gasteiger partial charge in [-0.05, 0) is 45.2 Å². The molecule has 0 spiro atoms.